The fourth-order valence-corrected chi connectivity index (χ4v) is 15.1. The zero-order valence-corrected chi connectivity index (χ0v) is 19.1. The summed E-state index contributed by atoms with van der Waals surface area (Å²) in [6, 6.07) is 4.48. The molecule has 0 spiro atoms. The van der Waals surface area contributed by atoms with Gasteiger partial charge >= 0.3 is 0 Å². The SMILES string of the molecule is N#CCCS[C@@H]1SC(=C2SC3=C(SCCS3)S2)S[C@H]1SCCC#N. The quantitative estimate of drug-likeness (QED) is 0.399. The molecule has 0 radical (unpaired) electrons. The van der Waals surface area contributed by atoms with Crippen LogP contribution in [0.25, 0.3) is 0 Å². The highest BCUT2D eigenvalue weighted by Gasteiger charge is 2.37. The number of thioether (sulfide) groups is 8. The van der Waals surface area contributed by atoms with E-state index in [2.05, 4.69) is 12.1 Å². The Morgan fingerprint density at radius 1 is 0.792 bits per heavy atom. The average Bonchev–Trinajstić information content (AvgIpc) is 3.19. The molecule has 0 aliphatic carbocycles. The van der Waals surface area contributed by atoms with Crippen molar-refractivity contribution in [3.05, 3.63) is 16.9 Å². The molecule has 0 aromatic heterocycles. The van der Waals surface area contributed by atoms with E-state index in [-0.39, 0.29) is 0 Å². The Kier molecular flexibility index (Phi) is 8.80. The van der Waals surface area contributed by atoms with Crippen LogP contribution in [0, 0.1) is 22.7 Å². The third-order valence-corrected chi connectivity index (χ3v) is 15.8. The molecule has 0 bridgehead atoms. The molecule has 3 rings (SSSR count). The van der Waals surface area contributed by atoms with E-state index >= 15 is 0 Å². The summed E-state index contributed by atoms with van der Waals surface area (Å²) in [6.45, 7) is 0. The van der Waals surface area contributed by atoms with E-state index < -0.39 is 0 Å². The van der Waals surface area contributed by atoms with Gasteiger partial charge in [0.1, 0.15) is 0 Å². The fraction of sp³-hybridized carbons (Fsp3) is 0.571. The van der Waals surface area contributed by atoms with Crippen LogP contribution in [0.5, 0.6) is 0 Å². The number of rotatable bonds is 6. The molecule has 10 heteroatoms. The van der Waals surface area contributed by atoms with E-state index in [4.69, 9.17) is 10.5 Å². The molecule has 3 aliphatic rings. The number of hydrogen-bond donors (Lipinski definition) is 0. The molecular weight excluding hydrogens is 453 g/mol. The Labute approximate surface area is 177 Å². The molecule has 128 valence electrons. The summed E-state index contributed by atoms with van der Waals surface area (Å²) in [4.78, 5) is 0. The zero-order chi connectivity index (χ0) is 16.8. The van der Waals surface area contributed by atoms with Crippen molar-refractivity contribution in [1.82, 2.24) is 0 Å². The van der Waals surface area contributed by atoms with Gasteiger partial charge in [-0.25, -0.2) is 0 Å². The summed E-state index contributed by atoms with van der Waals surface area (Å²) in [5, 5.41) is 17.6. The van der Waals surface area contributed by atoms with Gasteiger partial charge in [0.15, 0.2) is 0 Å². The predicted molar refractivity (Wildman–Crippen MR) is 122 cm³/mol. The van der Waals surface area contributed by atoms with Crippen molar-refractivity contribution in [3.63, 3.8) is 0 Å². The van der Waals surface area contributed by atoms with Crippen molar-refractivity contribution in [2.45, 2.75) is 22.0 Å². The van der Waals surface area contributed by atoms with Crippen molar-refractivity contribution >= 4 is 94.1 Å². The number of nitrogens with zero attached hydrogens (tertiary/aromatic N) is 2. The summed E-state index contributed by atoms with van der Waals surface area (Å²) in [5.74, 6) is 4.24. The lowest BCUT2D eigenvalue weighted by molar-refractivity contribution is 1.22. The Morgan fingerprint density at radius 2 is 1.29 bits per heavy atom. The molecule has 2 nitrogen and oxygen atoms in total. The Hall–Kier alpha value is 1.26. The van der Waals surface area contributed by atoms with Crippen molar-refractivity contribution in [3.8, 4) is 12.1 Å². The van der Waals surface area contributed by atoms with Gasteiger partial charge in [-0.2, -0.15) is 10.5 Å². The maximum atomic E-state index is 8.78. The minimum absolute atomic E-state index is 0.480. The molecule has 0 aromatic carbocycles. The molecule has 0 saturated carbocycles. The van der Waals surface area contributed by atoms with E-state index in [1.807, 2.05) is 94.1 Å². The molecule has 1 saturated heterocycles. The van der Waals surface area contributed by atoms with Crippen LogP contribution in [-0.4, -0.2) is 32.2 Å². The van der Waals surface area contributed by atoms with Gasteiger partial charge in [-0.05, 0) is 0 Å². The van der Waals surface area contributed by atoms with Crippen molar-refractivity contribution < 1.29 is 0 Å². The van der Waals surface area contributed by atoms with Gasteiger partial charge in [0.25, 0.3) is 0 Å². The van der Waals surface area contributed by atoms with Crippen LogP contribution in [0.1, 0.15) is 12.8 Å². The lowest BCUT2D eigenvalue weighted by Gasteiger charge is -2.14. The molecule has 0 aromatic rings. The van der Waals surface area contributed by atoms with Gasteiger partial charge in [-0.15, -0.1) is 70.6 Å². The van der Waals surface area contributed by atoms with Crippen molar-refractivity contribution in [1.29, 1.82) is 10.5 Å². The van der Waals surface area contributed by atoms with Crippen LogP contribution in [0.4, 0.5) is 0 Å². The van der Waals surface area contributed by atoms with Crippen LogP contribution in [0.2, 0.25) is 0 Å². The highest BCUT2D eigenvalue weighted by molar-refractivity contribution is 8.44. The second kappa shape index (κ2) is 10.6. The van der Waals surface area contributed by atoms with Gasteiger partial charge in [0, 0.05) is 35.9 Å². The normalized spacial score (nSPS) is 26.4. The van der Waals surface area contributed by atoms with Gasteiger partial charge in [-0.1, -0.05) is 23.5 Å². The summed E-state index contributed by atoms with van der Waals surface area (Å²) in [6.07, 6.45) is 1.22. The minimum Gasteiger partial charge on any atom is -0.198 e. The molecule has 3 aliphatic heterocycles. The van der Waals surface area contributed by atoms with Gasteiger partial charge in [0.2, 0.25) is 0 Å². The van der Waals surface area contributed by atoms with Crippen LogP contribution >= 0.6 is 94.1 Å². The van der Waals surface area contributed by atoms with Crippen LogP contribution in [-0.2, 0) is 0 Å². The third kappa shape index (κ3) is 5.39. The summed E-state index contributed by atoms with van der Waals surface area (Å²) < 4.78 is 6.85. The lowest BCUT2D eigenvalue weighted by atomic mass is 10.6. The van der Waals surface area contributed by atoms with E-state index in [0.717, 1.165) is 11.5 Å². The Morgan fingerprint density at radius 3 is 1.75 bits per heavy atom. The molecule has 0 amide bonds. The maximum Gasteiger partial charge on any atom is 0.0769 e. The van der Waals surface area contributed by atoms with Crippen LogP contribution in [0.15, 0.2) is 16.9 Å². The first-order chi connectivity index (χ1) is 11.8. The number of hydrogen-bond acceptors (Lipinski definition) is 10. The van der Waals surface area contributed by atoms with Gasteiger partial charge in [0.05, 0.1) is 38.3 Å². The van der Waals surface area contributed by atoms with Crippen molar-refractivity contribution in [2.24, 2.45) is 0 Å². The van der Waals surface area contributed by atoms with E-state index in [1.165, 1.54) is 28.5 Å². The lowest BCUT2D eigenvalue weighted by Crippen LogP contribution is -2.08. The van der Waals surface area contributed by atoms with E-state index in [9.17, 15) is 0 Å². The molecule has 2 atom stereocenters. The Balaban J connectivity index is 1.64. The highest BCUT2D eigenvalue weighted by atomic mass is 32.3. The van der Waals surface area contributed by atoms with Crippen LogP contribution in [0.3, 0.4) is 0 Å². The molecule has 0 N–H and O–H groups in total. The zero-order valence-electron chi connectivity index (χ0n) is 12.6. The van der Waals surface area contributed by atoms with Gasteiger partial charge in [-0.3, -0.25) is 0 Å². The molecule has 1 fully saturated rings. The first-order valence-corrected chi connectivity index (χ1v) is 14.7. The Bertz CT molecular complexity index is 567. The maximum absolute atomic E-state index is 8.78. The largest absolute Gasteiger partial charge is 0.198 e. The molecule has 24 heavy (non-hydrogen) atoms. The first kappa shape index (κ1) is 20.0. The van der Waals surface area contributed by atoms with Crippen molar-refractivity contribution in [2.75, 3.05) is 23.0 Å². The highest BCUT2D eigenvalue weighted by Crippen LogP contribution is 2.66. The third-order valence-electron chi connectivity index (χ3n) is 2.91. The minimum atomic E-state index is 0.480. The molecular formula is C14H14N2S8. The second-order valence-electron chi connectivity index (χ2n) is 4.58. The average molecular weight is 467 g/mol. The number of nitriles is 2. The van der Waals surface area contributed by atoms with Crippen LogP contribution < -0.4 is 0 Å². The molecule has 0 unspecified atom stereocenters. The monoisotopic (exact) mass is 466 g/mol. The fourth-order valence-electron chi connectivity index (χ4n) is 1.91. The van der Waals surface area contributed by atoms with Gasteiger partial charge < -0.3 is 0 Å². The topological polar surface area (TPSA) is 47.6 Å². The standard InChI is InChI=1S/C14H14N2S8/c15-3-1-5-17-9-10(18-6-2-4-16)22-13(21-9)14-23-11-12(24-14)20-8-7-19-11/h9-10H,1-2,5-8H2/t9-,10-/m1/s1. The summed E-state index contributed by atoms with van der Waals surface area (Å²) in [7, 11) is 0. The van der Waals surface area contributed by atoms with E-state index in [1.54, 1.807) is 0 Å². The van der Waals surface area contributed by atoms with E-state index in [0.29, 0.717) is 22.0 Å². The first-order valence-electron chi connectivity index (χ1n) is 7.22. The smallest absolute Gasteiger partial charge is 0.0769 e. The predicted octanol–water partition coefficient (Wildman–Crippen LogP) is 6.63. The summed E-state index contributed by atoms with van der Waals surface area (Å²) in [5.41, 5.74) is 0. The summed E-state index contributed by atoms with van der Waals surface area (Å²) >= 11 is 15.7. The molecule has 3 heterocycles. The second-order valence-corrected chi connectivity index (χ2v) is 15.3.